The highest BCUT2D eigenvalue weighted by Crippen LogP contribution is 2.25. The van der Waals surface area contributed by atoms with E-state index in [1.54, 1.807) is 6.07 Å². The first-order valence-electron chi connectivity index (χ1n) is 4.90. The molecule has 0 atom stereocenters. The quantitative estimate of drug-likeness (QED) is 0.337. The molecular weight excluding hydrogens is 220 g/mol. The van der Waals surface area contributed by atoms with Gasteiger partial charge in [0.2, 0.25) is 0 Å². The maximum Gasteiger partial charge on any atom is 0.287 e. The lowest BCUT2D eigenvalue weighted by Gasteiger charge is -2.15. The van der Waals surface area contributed by atoms with Crippen molar-refractivity contribution in [2.45, 2.75) is 0 Å². The van der Waals surface area contributed by atoms with Gasteiger partial charge < -0.3 is 5.11 Å². The Morgan fingerprint density at radius 3 is 2.41 bits per heavy atom. The highest BCUT2D eigenvalue weighted by Gasteiger charge is 2.16. The van der Waals surface area contributed by atoms with Crippen molar-refractivity contribution in [1.29, 1.82) is 0 Å². The number of amides is 1. The number of rotatable bonds is 2. The minimum Gasteiger partial charge on any atom is -0.507 e. The van der Waals surface area contributed by atoms with E-state index in [1.165, 1.54) is 6.07 Å². The summed E-state index contributed by atoms with van der Waals surface area (Å²) in [6.07, 6.45) is 0. The van der Waals surface area contributed by atoms with E-state index in [-0.39, 0.29) is 11.3 Å². The van der Waals surface area contributed by atoms with E-state index in [1.807, 2.05) is 29.8 Å². The van der Waals surface area contributed by atoms with Crippen LogP contribution in [0.3, 0.4) is 0 Å². The van der Waals surface area contributed by atoms with Gasteiger partial charge in [0.25, 0.3) is 5.91 Å². The maximum absolute atomic E-state index is 11.7. The minimum absolute atomic E-state index is 0.0872. The molecule has 2 rings (SSSR count). The number of phenols is 1. The number of hydrogen-bond acceptors (Lipinski definition) is 5. The summed E-state index contributed by atoms with van der Waals surface area (Å²) in [6.45, 7) is 0. The van der Waals surface area contributed by atoms with Crippen molar-refractivity contribution in [3.63, 3.8) is 0 Å². The van der Waals surface area contributed by atoms with Crippen LogP contribution in [-0.4, -0.2) is 16.1 Å². The van der Waals surface area contributed by atoms with Gasteiger partial charge in [-0.3, -0.25) is 10.6 Å². The number of phenolic OH excluding ortho intramolecular Hbond substituents is 1. The Kier molecular flexibility index (Phi) is 2.92. The molecule has 0 saturated heterocycles. The van der Waals surface area contributed by atoms with Gasteiger partial charge in [0.15, 0.2) is 0 Å². The van der Waals surface area contributed by atoms with E-state index in [2.05, 4.69) is 0 Å². The lowest BCUT2D eigenvalue weighted by Crippen LogP contribution is -2.51. The molecule has 0 bridgehead atoms. The van der Waals surface area contributed by atoms with Crippen molar-refractivity contribution in [2.24, 2.45) is 11.7 Å². The fourth-order valence-electron chi connectivity index (χ4n) is 1.59. The summed E-state index contributed by atoms with van der Waals surface area (Å²) in [6, 6.07) is 10.4. The van der Waals surface area contributed by atoms with E-state index >= 15 is 0 Å². The molecule has 0 aliphatic rings. The standard InChI is InChI=1S/C11H12N4O2/c12-14-15(13)11(17)9-5-7-3-1-2-4-8(7)6-10(9)16/h1-6,14,16H,12-13H2. The van der Waals surface area contributed by atoms with Crippen LogP contribution in [0.15, 0.2) is 36.4 Å². The number of nitrogens with two attached hydrogens (primary N) is 2. The van der Waals surface area contributed by atoms with Crippen molar-refractivity contribution in [1.82, 2.24) is 10.7 Å². The summed E-state index contributed by atoms with van der Waals surface area (Å²) < 4.78 is 0. The van der Waals surface area contributed by atoms with Crippen LogP contribution in [0.2, 0.25) is 0 Å². The van der Waals surface area contributed by atoms with Crippen LogP contribution in [0.1, 0.15) is 10.4 Å². The molecule has 0 fully saturated rings. The van der Waals surface area contributed by atoms with Gasteiger partial charge in [-0.1, -0.05) is 24.3 Å². The number of nitrogens with zero attached hydrogens (tertiary/aromatic N) is 1. The first-order valence-corrected chi connectivity index (χ1v) is 4.90. The molecule has 6 heteroatoms. The second-order valence-electron chi connectivity index (χ2n) is 3.52. The molecule has 88 valence electrons. The SMILES string of the molecule is NNN(N)C(=O)c1cc2ccccc2cc1O. The molecule has 17 heavy (non-hydrogen) atoms. The van der Waals surface area contributed by atoms with Gasteiger partial charge in [-0.25, -0.2) is 5.84 Å². The monoisotopic (exact) mass is 232 g/mol. The van der Waals surface area contributed by atoms with Crippen LogP contribution >= 0.6 is 0 Å². The maximum atomic E-state index is 11.7. The lowest BCUT2D eigenvalue weighted by atomic mass is 10.1. The van der Waals surface area contributed by atoms with Crippen LogP contribution in [0.25, 0.3) is 10.8 Å². The van der Waals surface area contributed by atoms with Crippen LogP contribution in [0.5, 0.6) is 5.75 Å². The topological polar surface area (TPSA) is 105 Å². The Balaban J connectivity index is 2.54. The molecule has 6 nitrogen and oxygen atoms in total. The predicted octanol–water partition coefficient (Wildman–Crippen LogP) is 0.240. The number of fused-ring (bicyclic) bond motifs is 1. The van der Waals surface area contributed by atoms with Crippen molar-refractivity contribution >= 4 is 16.7 Å². The van der Waals surface area contributed by atoms with Crippen molar-refractivity contribution < 1.29 is 9.90 Å². The zero-order valence-corrected chi connectivity index (χ0v) is 8.92. The second-order valence-corrected chi connectivity index (χ2v) is 3.52. The molecule has 2 aromatic carbocycles. The van der Waals surface area contributed by atoms with Gasteiger partial charge in [-0.15, -0.1) is 0 Å². The van der Waals surface area contributed by atoms with Gasteiger partial charge in [-0.2, -0.15) is 10.7 Å². The van der Waals surface area contributed by atoms with Crippen molar-refractivity contribution in [3.05, 3.63) is 42.0 Å². The van der Waals surface area contributed by atoms with Crippen LogP contribution in [0.4, 0.5) is 0 Å². The molecule has 0 radical (unpaired) electrons. The molecular formula is C11H12N4O2. The number of aromatic hydroxyl groups is 1. The number of hydrazine groups is 3. The Bertz CT molecular complexity index is 570. The minimum atomic E-state index is -0.615. The van der Waals surface area contributed by atoms with Crippen molar-refractivity contribution in [3.8, 4) is 5.75 Å². The molecule has 0 aromatic heterocycles. The van der Waals surface area contributed by atoms with E-state index in [0.29, 0.717) is 5.12 Å². The molecule has 6 N–H and O–H groups in total. The molecule has 0 aliphatic heterocycles. The Morgan fingerprint density at radius 1 is 1.24 bits per heavy atom. The summed E-state index contributed by atoms with van der Waals surface area (Å²) in [7, 11) is 0. The van der Waals surface area contributed by atoms with Crippen molar-refractivity contribution in [2.75, 3.05) is 0 Å². The van der Waals surface area contributed by atoms with Crippen LogP contribution in [0, 0.1) is 0 Å². The van der Waals surface area contributed by atoms with Crippen LogP contribution < -0.4 is 17.2 Å². The normalized spacial score (nSPS) is 10.5. The fraction of sp³-hybridized carbons (Fsp3) is 0. The molecule has 0 saturated carbocycles. The summed E-state index contributed by atoms with van der Waals surface area (Å²) in [5.41, 5.74) is 2.08. The molecule has 0 unspecified atom stereocenters. The summed E-state index contributed by atoms with van der Waals surface area (Å²) >= 11 is 0. The lowest BCUT2D eigenvalue weighted by molar-refractivity contribution is 0.0656. The Morgan fingerprint density at radius 2 is 1.82 bits per heavy atom. The zero-order chi connectivity index (χ0) is 12.4. The number of carbonyl (C=O) groups is 1. The van der Waals surface area contributed by atoms with Gasteiger partial charge in [0.05, 0.1) is 5.56 Å². The third kappa shape index (κ3) is 2.04. The number of nitrogens with one attached hydrogen (secondary N) is 1. The van der Waals surface area contributed by atoms with E-state index in [0.717, 1.165) is 10.8 Å². The largest absolute Gasteiger partial charge is 0.507 e. The predicted molar refractivity (Wildman–Crippen MR) is 63.3 cm³/mol. The van der Waals surface area contributed by atoms with Crippen LogP contribution in [-0.2, 0) is 0 Å². The Hall–Kier alpha value is -2.15. The highest BCUT2D eigenvalue weighted by molar-refractivity contribution is 6.01. The summed E-state index contributed by atoms with van der Waals surface area (Å²) in [5, 5.41) is 12.0. The Labute approximate surface area is 97.3 Å². The average molecular weight is 232 g/mol. The molecule has 0 aliphatic carbocycles. The van der Waals surface area contributed by atoms with E-state index in [4.69, 9.17) is 11.7 Å². The summed E-state index contributed by atoms with van der Waals surface area (Å²) in [5.74, 6) is 9.57. The third-order valence-electron chi connectivity index (χ3n) is 2.45. The third-order valence-corrected chi connectivity index (χ3v) is 2.45. The zero-order valence-electron chi connectivity index (χ0n) is 8.92. The van der Waals surface area contributed by atoms with Gasteiger partial charge in [0, 0.05) is 0 Å². The average Bonchev–Trinajstić information content (AvgIpc) is 2.36. The number of hydrogen-bond donors (Lipinski definition) is 4. The smallest absolute Gasteiger partial charge is 0.287 e. The molecule has 2 aromatic rings. The fourth-order valence-corrected chi connectivity index (χ4v) is 1.59. The van der Waals surface area contributed by atoms with Gasteiger partial charge >= 0.3 is 0 Å². The van der Waals surface area contributed by atoms with E-state index < -0.39 is 5.91 Å². The van der Waals surface area contributed by atoms with E-state index in [9.17, 15) is 9.90 Å². The number of benzene rings is 2. The van der Waals surface area contributed by atoms with Gasteiger partial charge in [-0.05, 0) is 22.9 Å². The number of carbonyl (C=O) groups excluding carboxylic acids is 1. The van der Waals surface area contributed by atoms with Gasteiger partial charge in [0.1, 0.15) is 5.75 Å². The molecule has 0 heterocycles. The first-order chi connectivity index (χ1) is 8.13. The molecule has 0 spiro atoms. The second kappa shape index (κ2) is 4.38. The molecule has 1 amide bonds. The summed E-state index contributed by atoms with van der Waals surface area (Å²) in [4.78, 5) is 11.7. The first kappa shape index (κ1) is 11.3. The highest BCUT2D eigenvalue weighted by atomic mass is 16.3.